The van der Waals surface area contributed by atoms with Gasteiger partial charge in [-0.1, -0.05) is 30.3 Å². The lowest BCUT2D eigenvalue weighted by molar-refractivity contribution is -0.139. The normalized spacial score (nSPS) is 17.1. The average Bonchev–Trinajstić information content (AvgIpc) is 3.22. The molecule has 6 nitrogen and oxygen atoms in total. The van der Waals surface area contributed by atoms with Crippen molar-refractivity contribution in [1.82, 2.24) is 0 Å². The molecule has 0 radical (unpaired) electrons. The minimum Gasteiger partial charge on any atom is -0.481 e. The number of rotatable bonds is 7. The van der Waals surface area contributed by atoms with E-state index in [4.69, 9.17) is 18.3 Å². The SMILES string of the molecule is CC(=O)O[Si](COCC1CO1)(OC(C)=O)c1ccccc1. The van der Waals surface area contributed by atoms with Crippen molar-refractivity contribution in [3.8, 4) is 0 Å². The van der Waals surface area contributed by atoms with E-state index in [1.165, 1.54) is 13.8 Å². The number of benzene rings is 1. The van der Waals surface area contributed by atoms with Gasteiger partial charge in [0.25, 0.3) is 11.9 Å². The van der Waals surface area contributed by atoms with Crippen molar-refractivity contribution in [2.45, 2.75) is 20.0 Å². The fraction of sp³-hybridized carbons (Fsp3) is 0.429. The zero-order chi connectivity index (χ0) is 15.3. The van der Waals surface area contributed by atoms with Gasteiger partial charge in [0.2, 0.25) is 0 Å². The highest BCUT2D eigenvalue weighted by Gasteiger charge is 2.47. The largest absolute Gasteiger partial charge is 0.526 e. The second kappa shape index (κ2) is 6.84. The van der Waals surface area contributed by atoms with Crippen LogP contribution in [0.1, 0.15) is 13.8 Å². The molecule has 1 fully saturated rings. The smallest absolute Gasteiger partial charge is 0.481 e. The minimum absolute atomic E-state index is 0.0516. The number of ether oxygens (including phenoxy) is 2. The summed E-state index contributed by atoms with van der Waals surface area (Å²) in [5.74, 6) is -1.00. The van der Waals surface area contributed by atoms with Gasteiger partial charge in [0.05, 0.1) is 13.2 Å². The van der Waals surface area contributed by atoms with E-state index in [2.05, 4.69) is 0 Å². The van der Waals surface area contributed by atoms with Gasteiger partial charge in [-0.3, -0.25) is 9.59 Å². The molecular formula is C14H18O6Si. The fourth-order valence-electron chi connectivity index (χ4n) is 1.93. The number of epoxide rings is 1. The van der Waals surface area contributed by atoms with Crippen LogP contribution in [0.4, 0.5) is 0 Å². The number of carbonyl (C=O) groups is 2. The Morgan fingerprint density at radius 2 is 1.76 bits per heavy atom. The van der Waals surface area contributed by atoms with Crippen LogP contribution in [0.25, 0.3) is 0 Å². The molecule has 0 bridgehead atoms. The molecule has 0 N–H and O–H groups in total. The zero-order valence-corrected chi connectivity index (χ0v) is 13.0. The van der Waals surface area contributed by atoms with E-state index in [0.717, 1.165) is 0 Å². The molecule has 1 aliphatic heterocycles. The Hall–Kier alpha value is -1.70. The molecule has 1 heterocycles. The van der Waals surface area contributed by atoms with Gasteiger partial charge in [-0.15, -0.1) is 0 Å². The third kappa shape index (κ3) is 4.66. The standard InChI is InChI=1S/C14H18O6Si/c1-11(15)19-21(20-12(2)16,10-17-8-13-9-18-13)14-6-4-3-5-7-14/h3-7,13H,8-10H2,1-2H3. The third-order valence-electron chi connectivity index (χ3n) is 2.83. The lowest BCUT2D eigenvalue weighted by Crippen LogP contribution is -2.59. The summed E-state index contributed by atoms with van der Waals surface area (Å²) in [5.41, 5.74) is 0. The molecule has 1 aliphatic rings. The van der Waals surface area contributed by atoms with Gasteiger partial charge >= 0.3 is 8.56 Å². The molecule has 1 atom stereocenters. The van der Waals surface area contributed by atoms with Crippen molar-refractivity contribution < 1.29 is 27.9 Å². The van der Waals surface area contributed by atoms with E-state index in [-0.39, 0.29) is 12.3 Å². The molecule has 0 spiro atoms. The number of hydrogen-bond donors (Lipinski definition) is 0. The Balaban J connectivity index is 2.21. The maximum absolute atomic E-state index is 11.5. The molecule has 1 aromatic rings. The van der Waals surface area contributed by atoms with Crippen LogP contribution >= 0.6 is 0 Å². The first-order valence-electron chi connectivity index (χ1n) is 6.66. The van der Waals surface area contributed by atoms with Crippen LogP contribution in [0.3, 0.4) is 0 Å². The lowest BCUT2D eigenvalue weighted by atomic mass is 10.4. The minimum atomic E-state index is -3.31. The third-order valence-corrected chi connectivity index (χ3v) is 5.86. The number of hydrogen-bond acceptors (Lipinski definition) is 6. The highest BCUT2D eigenvalue weighted by atomic mass is 28.4. The highest BCUT2D eigenvalue weighted by molar-refractivity contribution is 6.83. The highest BCUT2D eigenvalue weighted by Crippen LogP contribution is 2.14. The van der Waals surface area contributed by atoms with Crippen LogP contribution in [0, 0.1) is 0 Å². The lowest BCUT2D eigenvalue weighted by Gasteiger charge is -2.28. The summed E-state index contributed by atoms with van der Waals surface area (Å²) in [5, 5.41) is 0.673. The fourth-order valence-corrected chi connectivity index (χ4v) is 4.50. The Morgan fingerprint density at radius 3 is 2.24 bits per heavy atom. The predicted octanol–water partition coefficient (Wildman–Crippen LogP) is 0.417. The summed E-state index contributed by atoms with van der Waals surface area (Å²) in [6.07, 6.45) is 0.137. The monoisotopic (exact) mass is 310 g/mol. The van der Waals surface area contributed by atoms with Gasteiger partial charge in [-0.05, 0) is 0 Å². The Labute approximate surface area is 124 Å². The molecule has 7 heteroatoms. The van der Waals surface area contributed by atoms with Gasteiger partial charge in [0.15, 0.2) is 0 Å². The maximum atomic E-state index is 11.5. The molecule has 114 valence electrons. The predicted molar refractivity (Wildman–Crippen MR) is 75.9 cm³/mol. The summed E-state index contributed by atoms with van der Waals surface area (Å²) in [6.45, 7) is 3.64. The van der Waals surface area contributed by atoms with Gasteiger partial charge in [-0.25, -0.2) is 0 Å². The molecule has 0 aliphatic carbocycles. The van der Waals surface area contributed by atoms with E-state index in [1.807, 2.05) is 6.07 Å². The van der Waals surface area contributed by atoms with Gasteiger partial charge in [-0.2, -0.15) is 0 Å². The zero-order valence-electron chi connectivity index (χ0n) is 12.0. The maximum Gasteiger partial charge on any atom is 0.526 e. The second-order valence-corrected chi connectivity index (χ2v) is 7.56. The van der Waals surface area contributed by atoms with Crippen molar-refractivity contribution in [3.63, 3.8) is 0 Å². The molecule has 0 saturated carbocycles. The van der Waals surface area contributed by atoms with Crippen LogP contribution < -0.4 is 5.19 Å². The van der Waals surface area contributed by atoms with E-state index >= 15 is 0 Å². The molecule has 1 aromatic carbocycles. The van der Waals surface area contributed by atoms with E-state index in [1.54, 1.807) is 24.3 Å². The van der Waals surface area contributed by atoms with E-state index < -0.39 is 20.5 Å². The molecule has 0 amide bonds. The Kier molecular flexibility index (Phi) is 5.11. The quantitative estimate of drug-likeness (QED) is 0.537. The van der Waals surface area contributed by atoms with Gasteiger partial charge < -0.3 is 18.3 Å². The summed E-state index contributed by atoms with van der Waals surface area (Å²) in [4.78, 5) is 22.9. The Morgan fingerprint density at radius 1 is 1.19 bits per heavy atom. The molecule has 21 heavy (non-hydrogen) atoms. The first-order chi connectivity index (χ1) is 10.0. The first-order valence-corrected chi connectivity index (χ1v) is 8.68. The summed E-state index contributed by atoms with van der Waals surface area (Å²) in [6, 6.07) is 8.98. The van der Waals surface area contributed by atoms with Crippen molar-refractivity contribution in [1.29, 1.82) is 0 Å². The van der Waals surface area contributed by atoms with Crippen LogP contribution in [-0.2, 0) is 27.9 Å². The summed E-state index contributed by atoms with van der Waals surface area (Å²) < 4.78 is 21.5. The van der Waals surface area contributed by atoms with E-state index in [0.29, 0.717) is 18.4 Å². The van der Waals surface area contributed by atoms with Crippen molar-refractivity contribution in [2.24, 2.45) is 0 Å². The topological polar surface area (TPSA) is 74.4 Å². The van der Waals surface area contributed by atoms with Crippen LogP contribution in [-0.4, -0.2) is 46.0 Å². The second-order valence-electron chi connectivity index (χ2n) is 4.78. The van der Waals surface area contributed by atoms with Crippen LogP contribution in [0.5, 0.6) is 0 Å². The van der Waals surface area contributed by atoms with E-state index in [9.17, 15) is 9.59 Å². The molecule has 1 unspecified atom stereocenters. The van der Waals surface area contributed by atoms with Crippen LogP contribution in [0.2, 0.25) is 0 Å². The number of carbonyl (C=O) groups excluding carboxylic acids is 2. The average molecular weight is 310 g/mol. The van der Waals surface area contributed by atoms with Crippen LogP contribution in [0.15, 0.2) is 30.3 Å². The van der Waals surface area contributed by atoms with Crippen molar-refractivity contribution in [2.75, 3.05) is 19.4 Å². The summed E-state index contributed by atoms with van der Waals surface area (Å²) >= 11 is 0. The summed E-state index contributed by atoms with van der Waals surface area (Å²) in [7, 11) is -3.31. The molecular weight excluding hydrogens is 292 g/mol. The van der Waals surface area contributed by atoms with Gasteiger partial charge in [0, 0.05) is 19.0 Å². The first kappa shape index (κ1) is 15.7. The van der Waals surface area contributed by atoms with Crippen molar-refractivity contribution >= 4 is 25.7 Å². The van der Waals surface area contributed by atoms with Crippen molar-refractivity contribution in [3.05, 3.63) is 30.3 Å². The molecule has 1 saturated heterocycles. The molecule has 2 rings (SSSR count). The Bertz CT molecular complexity index is 483. The van der Waals surface area contributed by atoms with Gasteiger partial charge in [0.1, 0.15) is 12.3 Å². The molecule has 0 aromatic heterocycles.